The van der Waals surface area contributed by atoms with Crippen molar-refractivity contribution in [3.63, 3.8) is 0 Å². The predicted molar refractivity (Wildman–Crippen MR) is 198 cm³/mol. The number of hydrogen-bond donors (Lipinski definition) is 1. The second-order valence-corrected chi connectivity index (χ2v) is 14.7. The molecular formula is C37H40N6O11S. The van der Waals surface area contributed by atoms with Gasteiger partial charge in [0.2, 0.25) is 11.8 Å². The Morgan fingerprint density at radius 3 is 1.85 bits per heavy atom. The Labute approximate surface area is 320 Å². The molecule has 0 unspecified atom stereocenters. The monoisotopic (exact) mass is 776 g/mol. The number of nitro benzene ring substituents is 2. The lowest BCUT2D eigenvalue weighted by Gasteiger charge is -2.42. The van der Waals surface area contributed by atoms with E-state index < -0.39 is 34.1 Å². The van der Waals surface area contributed by atoms with E-state index in [-0.39, 0.29) is 67.3 Å². The van der Waals surface area contributed by atoms with Crippen molar-refractivity contribution in [2.75, 3.05) is 33.3 Å². The minimum atomic E-state index is -0.787. The Morgan fingerprint density at radius 1 is 0.764 bits per heavy atom. The minimum Gasteiger partial charge on any atom is -0.497 e. The maximum atomic E-state index is 13.9. The molecule has 3 fully saturated rings. The van der Waals surface area contributed by atoms with Crippen molar-refractivity contribution >= 4 is 47.1 Å². The van der Waals surface area contributed by atoms with Crippen LogP contribution < -0.4 is 10.1 Å². The van der Waals surface area contributed by atoms with E-state index in [1.807, 2.05) is 24.3 Å². The van der Waals surface area contributed by atoms with Crippen molar-refractivity contribution < 1.29 is 43.2 Å². The number of carbonyl (C=O) groups is 4. The summed E-state index contributed by atoms with van der Waals surface area (Å²) in [5.41, 5.74) is 2.03. The summed E-state index contributed by atoms with van der Waals surface area (Å²) >= 11 is 1.63. The zero-order valence-electron chi connectivity index (χ0n) is 29.9. The predicted octanol–water partition coefficient (Wildman–Crippen LogP) is 4.65. The van der Waals surface area contributed by atoms with Crippen LogP contribution in [0, 0.1) is 20.2 Å². The number of methoxy groups -OCH3 is 1. The van der Waals surface area contributed by atoms with E-state index in [0.29, 0.717) is 42.7 Å². The number of likely N-dealkylation sites (tertiary alicyclic amines) is 3. The molecule has 3 aliphatic heterocycles. The van der Waals surface area contributed by atoms with Crippen LogP contribution in [0.15, 0.2) is 72.8 Å². The highest BCUT2D eigenvalue weighted by Crippen LogP contribution is 2.33. The van der Waals surface area contributed by atoms with Crippen molar-refractivity contribution in [3.05, 3.63) is 110 Å². The summed E-state index contributed by atoms with van der Waals surface area (Å²) in [7, 11) is 1.60. The Hall–Kier alpha value is -5.91. The highest BCUT2D eigenvalue weighted by Gasteiger charge is 2.46. The molecule has 4 amide bonds. The number of hydrogen-bond acceptors (Lipinski definition) is 12. The Morgan fingerprint density at radius 2 is 1.31 bits per heavy atom. The molecule has 290 valence electrons. The molecule has 55 heavy (non-hydrogen) atoms. The van der Waals surface area contributed by atoms with Gasteiger partial charge in [0.25, 0.3) is 11.4 Å². The van der Waals surface area contributed by atoms with Gasteiger partial charge in [-0.15, -0.1) is 0 Å². The Kier molecular flexibility index (Phi) is 12.3. The lowest BCUT2D eigenvalue weighted by molar-refractivity contribution is -0.385. The normalized spacial score (nSPS) is 19.4. The van der Waals surface area contributed by atoms with Gasteiger partial charge in [0, 0.05) is 61.4 Å². The van der Waals surface area contributed by atoms with E-state index in [1.54, 1.807) is 23.8 Å². The molecule has 3 heterocycles. The SMILES string of the molecule is COc1ccc(CS[C@H]2C[C@@H](C(=O)N3CC(NC(=O)[C@@H]4CCCN4C(=O)OCc4ccc([N+](=O)[O-])cc4)C3)N(C(=O)OCc3ccc([N+](=O)[O-])cc3)C2)cc1. The molecule has 3 saturated heterocycles. The van der Waals surface area contributed by atoms with Gasteiger partial charge in [0.15, 0.2) is 0 Å². The number of thioether (sulfide) groups is 1. The molecule has 6 rings (SSSR count). The van der Waals surface area contributed by atoms with Crippen LogP contribution in [0.1, 0.15) is 36.0 Å². The van der Waals surface area contributed by atoms with Gasteiger partial charge >= 0.3 is 12.2 Å². The van der Waals surface area contributed by atoms with Gasteiger partial charge in [0.1, 0.15) is 31.0 Å². The topological polar surface area (TPSA) is 204 Å². The number of rotatable bonds is 13. The molecule has 0 radical (unpaired) electrons. The van der Waals surface area contributed by atoms with Gasteiger partial charge < -0.3 is 24.4 Å². The fourth-order valence-corrected chi connectivity index (χ4v) is 7.89. The average molecular weight is 777 g/mol. The van der Waals surface area contributed by atoms with Crippen molar-refractivity contribution in [3.8, 4) is 5.75 Å². The number of nitro groups is 2. The van der Waals surface area contributed by atoms with Crippen molar-refractivity contribution in [1.82, 2.24) is 20.0 Å². The molecule has 0 aromatic heterocycles. The van der Waals surface area contributed by atoms with Crippen LogP contribution in [-0.2, 0) is 38.0 Å². The van der Waals surface area contributed by atoms with Gasteiger partial charge in [0.05, 0.1) is 23.0 Å². The summed E-state index contributed by atoms with van der Waals surface area (Å²) < 4.78 is 16.2. The number of nitrogens with zero attached hydrogens (tertiary/aromatic N) is 5. The molecule has 3 aromatic rings. The van der Waals surface area contributed by atoms with Gasteiger partial charge in [-0.05, 0) is 72.4 Å². The van der Waals surface area contributed by atoms with Gasteiger partial charge in [-0.1, -0.05) is 12.1 Å². The first-order valence-electron chi connectivity index (χ1n) is 17.7. The molecule has 0 bridgehead atoms. The largest absolute Gasteiger partial charge is 0.497 e. The van der Waals surface area contributed by atoms with Crippen LogP contribution in [0.4, 0.5) is 21.0 Å². The van der Waals surface area contributed by atoms with Crippen LogP contribution in [0.25, 0.3) is 0 Å². The zero-order valence-corrected chi connectivity index (χ0v) is 30.8. The lowest BCUT2D eigenvalue weighted by Crippen LogP contribution is -2.65. The minimum absolute atomic E-state index is 0.0618. The van der Waals surface area contributed by atoms with Gasteiger partial charge in [-0.25, -0.2) is 9.59 Å². The highest BCUT2D eigenvalue weighted by molar-refractivity contribution is 7.99. The Bertz CT molecular complexity index is 1890. The number of amides is 4. The van der Waals surface area contributed by atoms with Gasteiger partial charge in [-0.3, -0.25) is 39.6 Å². The summed E-state index contributed by atoms with van der Waals surface area (Å²) in [4.78, 5) is 78.7. The lowest BCUT2D eigenvalue weighted by atomic mass is 10.0. The maximum absolute atomic E-state index is 13.9. The van der Waals surface area contributed by atoms with Crippen molar-refractivity contribution in [2.45, 2.75) is 61.6 Å². The third kappa shape index (κ3) is 9.61. The van der Waals surface area contributed by atoms with Crippen molar-refractivity contribution in [1.29, 1.82) is 0 Å². The summed E-state index contributed by atoms with van der Waals surface area (Å²) in [6.07, 6.45) is 0.121. The molecule has 0 saturated carbocycles. The molecule has 3 atom stereocenters. The first kappa shape index (κ1) is 38.8. The smallest absolute Gasteiger partial charge is 0.410 e. The molecule has 0 aliphatic carbocycles. The second-order valence-electron chi connectivity index (χ2n) is 13.4. The standard InChI is InChI=1S/C37H40N6O11S/c1-52-30-14-8-26(9-15-30)23-55-31-17-33(41(20-31)37(47)54-22-25-6-12-29(13-7-25)43(50)51)35(45)39-18-27(19-39)38-34(44)32-3-2-16-40(32)36(46)53-21-24-4-10-28(11-5-24)42(48)49/h4-15,27,31-33H,2-3,16-23H2,1H3,(H,38,44)/t31-,32-,33-/m0/s1. The van der Waals surface area contributed by atoms with Crippen LogP contribution in [0.2, 0.25) is 0 Å². The molecule has 3 aliphatic rings. The third-order valence-corrected chi connectivity index (χ3v) is 11.1. The fraction of sp³-hybridized carbons (Fsp3) is 0.405. The summed E-state index contributed by atoms with van der Waals surface area (Å²) in [5, 5.41) is 24.8. The van der Waals surface area contributed by atoms with E-state index in [2.05, 4.69) is 5.32 Å². The number of carbonyl (C=O) groups excluding carboxylic acids is 4. The average Bonchev–Trinajstić information content (AvgIpc) is 3.85. The van der Waals surface area contributed by atoms with Crippen LogP contribution in [-0.4, -0.2) is 105 Å². The summed E-state index contributed by atoms with van der Waals surface area (Å²) in [6, 6.07) is 17.1. The van der Waals surface area contributed by atoms with Crippen molar-refractivity contribution in [2.24, 2.45) is 0 Å². The van der Waals surface area contributed by atoms with E-state index in [0.717, 1.165) is 11.3 Å². The quantitative estimate of drug-likeness (QED) is 0.186. The number of non-ortho nitro benzene ring substituents is 2. The molecular weight excluding hydrogens is 737 g/mol. The van der Waals surface area contributed by atoms with E-state index >= 15 is 0 Å². The number of nitrogens with one attached hydrogen (secondary N) is 1. The summed E-state index contributed by atoms with van der Waals surface area (Å²) in [6.45, 7) is 0.842. The highest BCUT2D eigenvalue weighted by atomic mass is 32.2. The number of benzene rings is 3. The number of ether oxygens (including phenoxy) is 3. The third-order valence-electron chi connectivity index (χ3n) is 9.78. The molecule has 17 nitrogen and oxygen atoms in total. The van der Waals surface area contributed by atoms with E-state index in [1.165, 1.54) is 58.3 Å². The summed E-state index contributed by atoms with van der Waals surface area (Å²) in [5.74, 6) is 0.782. The molecule has 0 spiro atoms. The van der Waals surface area contributed by atoms with Gasteiger partial charge in [-0.2, -0.15) is 11.8 Å². The first-order valence-corrected chi connectivity index (χ1v) is 18.7. The van der Waals surface area contributed by atoms with E-state index in [4.69, 9.17) is 14.2 Å². The second kappa shape index (κ2) is 17.5. The van der Waals surface area contributed by atoms with Crippen LogP contribution in [0.3, 0.4) is 0 Å². The van der Waals surface area contributed by atoms with E-state index in [9.17, 15) is 39.4 Å². The zero-order chi connectivity index (χ0) is 39.1. The molecule has 1 N–H and O–H groups in total. The first-order chi connectivity index (χ1) is 26.5. The maximum Gasteiger partial charge on any atom is 0.410 e. The Balaban J connectivity index is 1.02. The molecule has 18 heteroatoms. The molecule has 3 aromatic carbocycles. The van der Waals surface area contributed by atoms with Crippen LogP contribution in [0.5, 0.6) is 5.75 Å². The fourth-order valence-electron chi connectivity index (χ4n) is 6.69. The van der Waals surface area contributed by atoms with Crippen LogP contribution >= 0.6 is 11.8 Å².